The third-order valence-corrected chi connectivity index (χ3v) is 5.54. The standard InChI is InChI=1S/C20H23N7O/c1-26-17-3-2-15(10-14(17)12-22-26)23-20-24-16-6-9-28-18(16)19(25-20)27-7-4-13(11-21)5-8-27/h2-3,6,9-10,12-13H,4-5,7-8,11,21H2,1H3,(H,23,24,25). The van der Waals surface area contributed by atoms with Gasteiger partial charge in [0, 0.05) is 37.3 Å². The number of hydrogen-bond donors (Lipinski definition) is 2. The lowest BCUT2D eigenvalue weighted by Gasteiger charge is -2.32. The molecule has 1 fully saturated rings. The number of furan rings is 1. The summed E-state index contributed by atoms with van der Waals surface area (Å²) in [6.45, 7) is 2.60. The van der Waals surface area contributed by atoms with Gasteiger partial charge in [0.1, 0.15) is 5.52 Å². The van der Waals surface area contributed by atoms with Gasteiger partial charge in [-0.25, -0.2) is 4.98 Å². The number of aromatic nitrogens is 4. The first-order valence-electron chi connectivity index (χ1n) is 9.60. The molecule has 3 aromatic heterocycles. The highest BCUT2D eigenvalue weighted by Crippen LogP contribution is 2.30. The van der Waals surface area contributed by atoms with Crippen LogP contribution in [0.1, 0.15) is 12.8 Å². The SMILES string of the molecule is Cn1ncc2cc(Nc3nc(N4CCC(CN)CC4)c4occc4n3)ccc21. The van der Waals surface area contributed by atoms with Crippen LogP contribution in [0.3, 0.4) is 0 Å². The van der Waals surface area contributed by atoms with E-state index >= 15 is 0 Å². The van der Waals surface area contributed by atoms with Crippen LogP contribution < -0.4 is 16.0 Å². The lowest BCUT2D eigenvalue weighted by atomic mass is 9.97. The number of anilines is 3. The Bertz CT molecular complexity index is 1120. The summed E-state index contributed by atoms with van der Waals surface area (Å²) in [5, 5.41) is 8.71. The Labute approximate surface area is 162 Å². The minimum absolute atomic E-state index is 0.563. The quantitative estimate of drug-likeness (QED) is 0.564. The van der Waals surface area contributed by atoms with Gasteiger partial charge in [-0.05, 0) is 43.5 Å². The molecule has 8 nitrogen and oxygen atoms in total. The van der Waals surface area contributed by atoms with E-state index in [0.717, 1.165) is 66.0 Å². The smallest absolute Gasteiger partial charge is 0.229 e. The van der Waals surface area contributed by atoms with Crippen molar-refractivity contribution in [3.05, 3.63) is 36.7 Å². The first kappa shape index (κ1) is 17.0. The van der Waals surface area contributed by atoms with Crippen LogP contribution in [0.2, 0.25) is 0 Å². The maximum atomic E-state index is 5.83. The molecule has 0 aliphatic carbocycles. The highest BCUT2D eigenvalue weighted by molar-refractivity contribution is 5.87. The van der Waals surface area contributed by atoms with Crippen molar-refractivity contribution >= 4 is 39.5 Å². The Morgan fingerprint density at radius 1 is 1.21 bits per heavy atom. The molecule has 5 rings (SSSR count). The van der Waals surface area contributed by atoms with E-state index in [1.807, 2.05) is 36.1 Å². The number of rotatable bonds is 4. The first-order chi connectivity index (χ1) is 13.7. The molecule has 4 heterocycles. The summed E-state index contributed by atoms with van der Waals surface area (Å²) in [6, 6.07) is 7.99. The van der Waals surface area contributed by atoms with E-state index in [1.165, 1.54) is 0 Å². The predicted octanol–water partition coefficient (Wildman–Crippen LogP) is 3.03. The Balaban J connectivity index is 1.47. The first-order valence-corrected chi connectivity index (χ1v) is 9.60. The molecule has 1 aromatic carbocycles. The zero-order valence-corrected chi connectivity index (χ0v) is 15.8. The van der Waals surface area contributed by atoms with Gasteiger partial charge in [-0.3, -0.25) is 4.68 Å². The summed E-state index contributed by atoms with van der Waals surface area (Å²) < 4.78 is 7.55. The van der Waals surface area contributed by atoms with E-state index < -0.39 is 0 Å². The molecule has 4 aromatic rings. The molecule has 3 N–H and O–H groups in total. The van der Waals surface area contributed by atoms with Crippen molar-refractivity contribution in [1.29, 1.82) is 0 Å². The second-order valence-electron chi connectivity index (χ2n) is 7.34. The van der Waals surface area contributed by atoms with Crippen molar-refractivity contribution in [2.75, 3.05) is 29.9 Å². The summed E-state index contributed by atoms with van der Waals surface area (Å²) in [4.78, 5) is 11.7. The molecule has 0 spiro atoms. The zero-order chi connectivity index (χ0) is 19.1. The lowest BCUT2D eigenvalue weighted by molar-refractivity contribution is 0.412. The van der Waals surface area contributed by atoms with Crippen LogP contribution in [0.4, 0.5) is 17.5 Å². The summed E-state index contributed by atoms with van der Waals surface area (Å²) in [5.74, 6) is 2.00. The molecule has 0 amide bonds. The largest absolute Gasteiger partial charge is 0.459 e. The summed E-state index contributed by atoms with van der Waals surface area (Å²) >= 11 is 0. The molecule has 0 saturated carbocycles. The van der Waals surface area contributed by atoms with Crippen LogP contribution in [-0.4, -0.2) is 39.4 Å². The maximum absolute atomic E-state index is 5.83. The summed E-state index contributed by atoms with van der Waals surface area (Å²) in [6.07, 6.45) is 5.67. The van der Waals surface area contributed by atoms with E-state index in [-0.39, 0.29) is 0 Å². The van der Waals surface area contributed by atoms with Crippen LogP contribution in [0, 0.1) is 5.92 Å². The summed E-state index contributed by atoms with van der Waals surface area (Å²) in [7, 11) is 1.94. The van der Waals surface area contributed by atoms with Crippen LogP contribution in [0.15, 0.2) is 41.1 Å². The Kier molecular flexibility index (Phi) is 4.12. The Morgan fingerprint density at radius 3 is 2.89 bits per heavy atom. The molecule has 1 saturated heterocycles. The third kappa shape index (κ3) is 2.95. The monoisotopic (exact) mass is 377 g/mol. The molecule has 1 aliphatic rings. The van der Waals surface area contributed by atoms with Gasteiger partial charge in [0.2, 0.25) is 5.95 Å². The average Bonchev–Trinajstić information content (AvgIpc) is 3.34. The molecular formula is C20H23N7O. The number of benzene rings is 1. The van der Waals surface area contributed by atoms with E-state index in [9.17, 15) is 0 Å². The number of fused-ring (bicyclic) bond motifs is 2. The number of hydrogen-bond acceptors (Lipinski definition) is 7. The number of aryl methyl sites for hydroxylation is 1. The molecular weight excluding hydrogens is 354 g/mol. The van der Waals surface area contributed by atoms with Gasteiger partial charge < -0.3 is 20.4 Å². The molecule has 0 unspecified atom stereocenters. The van der Waals surface area contributed by atoms with E-state index in [2.05, 4.69) is 26.4 Å². The Morgan fingerprint density at radius 2 is 2.07 bits per heavy atom. The minimum atomic E-state index is 0.563. The topological polar surface area (TPSA) is 98.0 Å². The highest BCUT2D eigenvalue weighted by atomic mass is 16.3. The van der Waals surface area contributed by atoms with Crippen LogP contribution in [-0.2, 0) is 7.05 Å². The summed E-state index contributed by atoms with van der Waals surface area (Å²) in [5.41, 5.74) is 9.38. The predicted molar refractivity (Wildman–Crippen MR) is 110 cm³/mol. The van der Waals surface area contributed by atoms with Crippen molar-refractivity contribution in [2.45, 2.75) is 12.8 Å². The normalized spacial score (nSPS) is 15.6. The van der Waals surface area contributed by atoms with Gasteiger partial charge in [0.05, 0.1) is 18.0 Å². The Hall–Kier alpha value is -3.13. The minimum Gasteiger partial charge on any atom is -0.459 e. The molecule has 8 heteroatoms. The fraction of sp³-hybridized carbons (Fsp3) is 0.350. The maximum Gasteiger partial charge on any atom is 0.229 e. The van der Waals surface area contributed by atoms with Gasteiger partial charge in [-0.1, -0.05) is 0 Å². The second kappa shape index (κ2) is 6.79. The van der Waals surface area contributed by atoms with Crippen molar-refractivity contribution in [2.24, 2.45) is 18.7 Å². The number of piperidine rings is 1. The fourth-order valence-corrected chi connectivity index (χ4v) is 3.87. The van der Waals surface area contributed by atoms with Crippen molar-refractivity contribution < 1.29 is 4.42 Å². The van der Waals surface area contributed by atoms with Gasteiger partial charge in [0.25, 0.3) is 0 Å². The van der Waals surface area contributed by atoms with Crippen LogP contribution in [0.5, 0.6) is 0 Å². The number of nitrogens with one attached hydrogen (secondary N) is 1. The van der Waals surface area contributed by atoms with Crippen molar-refractivity contribution in [3.63, 3.8) is 0 Å². The van der Waals surface area contributed by atoms with Crippen LogP contribution >= 0.6 is 0 Å². The highest BCUT2D eigenvalue weighted by Gasteiger charge is 2.23. The molecule has 28 heavy (non-hydrogen) atoms. The second-order valence-corrected chi connectivity index (χ2v) is 7.34. The van der Waals surface area contributed by atoms with Gasteiger partial charge in [-0.15, -0.1) is 0 Å². The van der Waals surface area contributed by atoms with E-state index in [0.29, 0.717) is 11.9 Å². The van der Waals surface area contributed by atoms with Crippen molar-refractivity contribution in [1.82, 2.24) is 19.7 Å². The van der Waals surface area contributed by atoms with E-state index in [1.54, 1.807) is 6.26 Å². The number of nitrogens with zero attached hydrogens (tertiary/aromatic N) is 5. The van der Waals surface area contributed by atoms with Gasteiger partial charge >= 0.3 is 0 Å². The average molecular weight is 377 g/mol. The van der Waals surface area contributed by atoms with Crippen molar-refractivity contribution in [3.8, 4) is 0 Å². The lowest BCUT2D eigenvalue weighted by Crippen LogP contribution is -2.36. The van der Waals surface area contributed by atoms with Gasteiger partial charge in [0.15, 0.2) is 11.4 Å². The molecule has 144 valence electrons. The molecule has 0 radical (unpaired) electrons. The molecule has 0 atom stereocenters. The number of nitrogens with two attached hydrogens (primary N) is 1. The third-order valence-electron chi connectivity index (χ3n) is 5.54. The zero-order valence-electron chi connectivity index (χ0n) is 15.8. The molecule has 1 aliphatic heterocycles. The van der Waals surface area contributed by atoms with Crippen LogP contribution in [0.25, 0.3) is 22.0 Å². The van der Waals surface area contributed by atoms with E-state index in [4.69, 9.17) is 15.1 Å². The fourth-order valence-electron chi connectivity index (χ4n) is 3.87. The van der Waals surface area contributed by atoms with Gasteiger partial charge in [-0.2, -0.15) is 10.1 Å². The molecule has 0 bridgehead atoms.